The van der Waals surface area contributed by atoms with Gasteiger partial charge in [0.15, 0.2) is 4.45 Å². The second kappa shape index (κ2) is 6.34. The molecule has 2 nitrogen and oxygen atoms in total. The molecule has 0 heterocycles. The molecular formula is C7H10ClNOS. The lowest BCUT2D eigenvalue weighted by Gasteiger charge is -2.17. The van der Waals surface area contributed by atoms with Gasteiger partial charge in [0.2, 0.25) is 0 Å². The van der Waals surface area contributed by atoms with Crippen molar-refractivity contribution in [2.24, 2.45) is 0 Å². The molecule has 62 valence electrons. The third-order valence-corrected chi connectivity index (χ3v) is 1.23. The molecule has 0 N–H and O–H groups in total. The van der Waals surface area contributed by atoms with Crippen LogP contribution in [0, 0.1) is 0 Å². The summed E-state index contributed by atoms with van der Waals surface area (Å²) in [7, 11) is 0. The largest absolute Gasteiger partial charge is 0.267 e. The number of hydrogen-bond acceptors (Lipinski definition) is 2. The van der Waals surface area contributed by atoms with E-state index in [9.17, 15) is 0 Å². The molecule has 0 amide bonds. The summed E-state index contributed by atoms with van der Waals surface area (Å²) in [6.45, 7) is 7.89. The maximum atomic E-state index is 5.51. The van der Waals surface area contributed by atoms with Crippen LogP contribution in [0.15, 0.2) is 25.3 Å². The average molecular weight is 192 g/mol. The molecule has 0 bridgehead atoms. The van der Waals surface area contributed by atoms with Crippen molar-refractivity contribution in [3.05, 3.63) is 25.3 Å². The molecule has 0 fully saturated rings. The van der Waals surface area contributed by atoms with Gasteiger partial charge in [-0.3, -0.25) is 4.84 Å². The number of hydroxylamine groups is 2. The van der Waals surface area contributed by atoms with Gasteiger partial charge in [0, 0.05) is 0 Å². The van der Waals surface area contributed by atoms with Crippen molar-refractivity contribution in [1.82, 2.24) is 5.06 Å². The fraction of sp³-hybridized carbons (Fsp3) is 0.286. The van der Waals surface area contributed by atoms with Crippen LogP contribution in [0.4, 0.5) is 0 Å². The average Bonchev–Trinajstić information content (AvgIpc) is 1.97. The number of nitrogens with zero attached hydrogens (tertiary/aromatic N) is 1. The summed E-state index contributed by atoms with van der Waals surface area (Å²) in [5.74, 6) is 0. The van der Waals surface area contributed by atoms with Gasteiger partial charge in [0.25, 0.3) is 0 Å². The Hall–Kier alpha value is -0.380. The Morgan fingerprint density at radius 2 is 2.18 bits per heavy atom. The van der Waals surface area contributed by atoms with E-state index >= 15 is 0 Å². The van der Waals surface area contributed by atoms with Crippen molar-refractivity contribution >= 4 is 28.3 Å². The quantitative estimate of drug-likeness (QED) is 0.217. The molecule has 0 spiro atoms. The second-order valence-electron chi connectivity index (χ2n) is 1.69. The molecule has 0 aromatic heterocycles. The van der Waals surface area contributed by atoms with Gasteiger partial charge in [0.05, 0.1) is 13.2 Å². The highest BCUT2D eigenvalue weighted by molar-refractivity contribution is 7.83. The van der Waals surface area contributed by atoms with Crippen LogP contribution in [0.1, 0.15) is 0 Å². The summed E-state index contributed by atoms with van der Waals surface area (Å²) >= 11 is 10.2. The minimum atomic E-state index is 0.173. The van der Waals surface area contributed by atoms with Gasteiger partial charge in [-0.1, -0.05) is 12.2 Å². The number of thiocarbonyl (C=S) groups is 1. The van der Waals surface area contributed by atoms with Crippen LogP contribution >= 0.6 is 23.8 Å². The monoisotopic (exact) mass is 191 g/mol. The lowest BCUT2D eigenvalue weighted by atomic mass is 10.6. The van der Waals surface area contributed by atoms with Gasteiger partial charge in [-0.05, 0) is 23.8 Å². The fourth-order valence-electron chi connectivity index (χ4n) is 0.435. The van der Waals surface area contributed by atoms with E-state index in [0.717, 1.165) is 0 Å². The van der Waals surface area contributed by atoms with E-state index in [1.54, 1.807) is 12.2 Å². The lowest BCUT2D eigenvalue weighted by molar-refractivity contribution is -0.0717. The number of hydrogen-bond donors (Lipinski definition) is 0. The second-order valence-corrected chi connectivity index (χ2v) is 2.66. The normalized spacial score (nSPS) is 8.82. The van der Waals surface area contributed by atoms with Crippen LogP contribution in [0.25, 0.3) is 0 Å². The van der Waals surface area contributed by atoms with E-state index in [2.05, 4.69) is 25.4 Å². The summed E-state index contributed by atoms with van der Waals surface area (Å²) in [4.78, 5) is 5.06. The van der Waals surface area contributed by atoms with Crippen molar-refractivity contribution in [2.75, 3.05) is 13.2 Å². The predicted molar refractivity (Wildman–Crippen MR) is 51.5 cm³/mol. The third-order valence-electron chi connectivity index (χ3n) is 0.839. The van der Waals surface area contributed by atoms with Crippen LogP contribution in [-0.4, -0.2) is 22.7 Å². The first kappa shape index (κ1) is 10.6. The van der Waals surface area contributed by atoms with Gasteiger partial charge in [-0.15, -0.1) is 13.2 Å². The Morgan fingerprint density at radius 1 is 1.55 bits per heavy atom. The number of halogens is 1. The molecule has 4 heteroatoms. The van der Waals surface area contributed by atoms with Gasteiger partial charge in [-0.2, -0.15) is 0 Å². The van der Waals surface area contributed by atoms with Crippen LogP contribution in [0.5, 0.6) is 0 Å². The molecule has 0 unspecified atom stereocenters. The summed E-state index contributed by atoms with van der Waals surface area (Å²) < 4.78 is 0.173. The smallest absolute Gasteiger partial charge is 0.194 e. The molecule has 0 aliphatic heterocycles. The predicted octanol–water partition coefficient (Wildman–Crippen LogP) is 2.12. The molecule has 0 aromatic rings. The van der Waals surface area contributed by atoms with Crippen LogP contribution < -0.4 is 0 Å². The van der Waals surface area contributed by atoms with Crippen molar-refractivity contribution < 1.29 is 4.84 Å². The van der Waals surface area contributed by atoms with Gasteiger partial charge < -0.3 is 0 Å². The summed E-state index contributed by atoms with van der Waals surface area (Å²) in [6, 6.07) is 0. The SMILES string of the molecule is C=CCON(CC=C)C(=S)Cl. The van der Waals surface area contributed by atoms with Crippen molar-refractivity contribution in [2.45, 2.75) is 0 Å². The first-order valence-electron chi connectivity index (χ1n) is 3.04. The Morgan fingerprint density at radius 3 is 2.55 bits per heavy atom. The van der Waals surface area contributed by atoms with Gasteiger partial charge >= 0.3 is 0 Å². The zero-order valence-electron chi connectivity index (χ0n) is 6.12. The highest BCUT2D eigenvalue weighted by Gasteiger charge is 2.03. The van der Waals surface area contributed by atoms with E-state index in [1.807, 2.05) is 0 Å². The van der Waals surface area contributed by atoms with E-state index < -0.39 is 0 Å². The van der Waals surface area contributed by atoms with E-state index in [4.69, 9.17) is 16.4 Å². The molecule has 11 heavy (non-hydrogen) atoms. The molecular weight excluding hydrogens is 182 g/mol. The fourth-order valence-corrected chi connectivity index (χ4v) is 0.680. The Labute approximate surface area is 77.0 Å². The van der Waals surface area contributed by atoms with Crippen LogP contribution in [0.2, 0.25) is 0 Å². The first-order valence-corrected chi connectivity index (χ1v) is 3.82. The topological polar surface area (TPSA) is 12.5 Å². The molecule has 0 rings (SSSR count). The molecule has 0 saturated heterocycles. The molecule has 0 saturated carbocycles. The Bertz CT molecular complexity index is 161. The third kappa shape index (κ3) is 4.95. The zero-order chi connectivity index (χ0) is 8.69. The summed E-state index contributed by atoms with van der Waals surface area (Å²) in [5.41, 5.74) is 0. The minimum absolute atomic E-state index is 0.173. The van der Waals surface area contributed by atoms with Crippen molar-refractivity contribution in [1.29, 1.82) is 0 Å². The zero-order valence-corrected chi connectivity index (χ0v) is 7.70. The number of rotatable bonds is 5. The standard InChI is InChI=1S/C7H10ClNOS/c1-3-5-9(7(8)11)10-6-4-2/h3-4H,1-2,5-6H2. The minimum Gasteiger partial charge on any atom is -0.267 e. The lowest BCUT2D eigenvalue weighted by Crippen LogP contribution is -2.26. The first-order chi connectivity index (χ1) is 5.22. The van der Waals surface area contributed by atoms with Crippen LogP contribution in [-0.2, 0) is 4.84 Å². The maximum absolute atomic E-state index is 5.51. The molecule has 0 atom stereocenters. The molecule has 0 aliphatic carbocycles. The Balaban J connectivity index is 3.77. The van der Waals surface area contributed by atoms with E-state index in [-0.39, 0.29) is 4.45 Å². The Kier molecular flexibility index (Phi) is 6.12. The van der Waals surface area contributed by atoms with E-state index in [0.29, 0.717) is 13.2 Å². The van der Waals surface area contributed by atoms with E-state index in [1.165, 1.54) is 5.06 Å². The summed E-state index contributed by atoms with van der Waals surface area (Å²) in [6.07, 6.45) is 3.27. The van der Waals surface area contributed by atoms with Crippen molar-refractivity contribution in [3.63, 3.8) is 0 Å². The van der Waals surface area contributed by atoms with Crippen molar-refractivity contribution in [3.8, 4) is 0 Å². The molecule has 0 aliphatic rings. The van der Waals surface area contributed by atoms with Gasteiger partial charge in [0.1, 0.15) is 0 Å². The van der Waals surface area contributed by atoms with Gasteiger partial charge in [-0.25, -0.2) is 5.06 Å². The maximum Gasteiger partial charge on any atom is 0.194 e. The summed E-state index contributed by atoms with van der Waals surface area (Å²) in [5, 5.41) is 1.37. The highest BCUT2D eigenvalue weighted by Crippen LogP contribution is 1.98. The molecule has 0 aromatic carbocycles. The molecule has 0 radical (unpaired) electrons. The van der Waals surface area contributed by atoms with Crippen LogP contribution in [0.3, 0.4) is 0 Å². The highest BCUT2D eigenvalue weighted by atomic mass is 35.5.